The Morgan fingerprint density at radius 1 is 0.964 bits per heavy atom. The lowest BCUT2D eigenvalue weighted by Crippen LogP contribution is -2.31. The molecule has 0 saturated carbocycles. The highest BCUT2D eigenvalue weighted by Crippen LogP contribution is 2.23. The minimum atomic E-state index is -0.00707. The van der Waals surface area contributed by atoms with Crippen LogP contribution in [0.4, 0.5) is 5.82 Å². The maximum atomic E-state index is 12.0. The molecule has 0 unspecified atom stereocenters. The summed E-state index contributed by atoms with van der Waals surface area (Å²) in [4.78, 5) is 14.3. The van der Waals surface area contributed by atoms with Crippen LogP contribution in [-0.4, -0.2) is 28.4 Å². The predicted molar refractivity (Wildman–Crippen MR) is 112 cm³/mol. The second-order valence-electron chi connectivity index (χ2n) is 6.72. The van der Waals surface area contributed by atoms with E-state index in [2.05, 4.69) is 44.7 Å². The molecule has 0 aliphatic carbocycles. The highest BCUT2D eigenvalue weighted by Gasteiger charge is 2.17. The van der Waals surface area contributed by atoms with Gasteiger partial charge >= 0.3 is 0 Å². The normalized spacial score (nSPS) is 13.1. The van der Waals surface area contributed by atoms with Crippen molar-refractivity contribution in [1.29, 1.82) is 0 Å². The first kappa shape index (κ1) is 18.5. The fourth-order valence-electron chi connectivity index (χ4n) is 3.24. The molecule has 0 atom stereocenters. The largest absolute Gasteiger partial charge is 0.351 e. The van der Waals surface area contributed by atoms with Crippen molar-refractivity contribution >= 4 is 23.5 Å². The third-order valence-electron chi connectivity index (χ3n) is 4.76. The minimum Gasteiger partial charge on any atom is -0.351 e. The van der Waals surface area contributed by atoms with Crippen molar-refractivity contribution in [1.82, 2.24) is 15.5 Å². The predicted octanol–water partition coefficient (Wildman–Crippen LogP) is 3.45. The number of nitrogens with zero attached hydrogens (tertiary/aromatic N) is 3. The summed E-state index contributed by atoms with van der Waals surface area (Å²) >= 11 is 1.40. The number of hydrogen-bond acceptors (Lipinski definition) is 5. The molecule has 1 aliphatic heterocycles. The summed E-state index contributed by atoms with van der Waals surface area (Å²) in [6.45, 7) is 2.35. The zero-order chi connectivity index (χ0) is 19.2. The zero-order valence-electron chi connectivity index (χ0n) is 15.5. The van der Waals surface area contributed by atoms with E-state index < -0.39 is 0 Å². The van der Waals surface area contributed by atoms with Gasteiger partial charge in [0.25, 0.3) is 0 Å². The standard InChI is InChI=1S/C22H22N4OS/c27-21(23-14-17-6-2-1-3-7-17)16-28-22-11-10-20(24-25-22)26-13-12-18-8-4-5-9-19(18)15-26/h1-11H,12-16H2,(H,23,27). The number of rotatable bonds is 6. The molecule has 5 nitrogen and oxygen atoms in total. The summed E-state index contributed by atoms with van der Waals surface area (Å²) in [6, 6.07) is 22.4. The van der Waals surface area contributed by atoms with E-state index in [1.807, 2.05) is 42.5 Å². The molecule has 0 spiro atoms. The molecule has 0 bridgehead atoms. The van der Waals surface area contributed by atoms with Gasteiger partial charge in [0.2, 0.25) is 5.91 Å². The van der Waals surface area contributed by atoms with Crippen molar-refractivity contribution in [3.05, 3.63) is 83.4 Å². The summed E-state index contributed by atoms with van der Waals surface area (Å²) in [5.41, 5.74) is 3.86. The number of benzene rings is 2. The molecule has 1 aliphatic rings. The second-order valence-corrected chi connectivity index (χ2v) is 7.72. The Morgan fingerprint density at radius 2 is 1.75 bits per heavy atom. The van der Waals surface area contributed by atoms with E-state index in [1.165, 1.54) is 22.9 Å². The first-order valence-corrected chi connectivity index (χ1v) is 10.4. The number of thioether (sulfide) groups is 1. The molecule has 1 amide bonds. The molecule has 6 heteroatoms. The Hall–Kier alpha value is -2.86. The van der Waals surface area contributed by atoms with Crippen LogP contribution in [-0.2, 0) is 24.3 Å². The molecular weight excluding hydrogens is 368 g/mol. The summed E-state index contributed by atoms with van der Waals surface area (Å²) in [6.07, 6.45) is 1.02. The van der Waals surface area contributed by atoms with Crippen LogP contribution in [0.3, 0.4) is 0 Å². The fraction of sp³-hybridized carbons (Fsp3) is 0.227. The number of anilines is 1. The monoisotopic (exact) mass is 390 g/mol. The van der Waals surface area contributed by atoms with Crippen LogP contribution in [0.5, 0.6) is 0 Å². The Morgan fingerprint density at radius 3 is 2.54 bits per heavy atom. The molecule has 1 aromatic heterocycles. The molecular formula is C22H22N4OS. The van der Waals surface area contributed by atoms with E-state index >= 15 is 0 Å². The minimum absolute atomic E-state index is 0.00707. The van der Waals surface area contributed by atoms with Gasteiger partial charge in [0.05, 0.1) is 5.75 Å². The summed E-state index contributed by atoms with van der Waals surface area (Å²) < 4.78 is 0. The van der Waals surface area contributed by atoms with Gasteiger partial charge in [-0.2, -0.15) is 0 Å². The molecule has 2 heterocycles. The molecule has 1 N–H and O–H groups in total. The summed E-state index contributed by atoms with van der Waals surface area (Å²) in [5.74, 6) is 1.21. The van der Waals surface area contributed by atoms with E-state index in [0.717, 1.165) is 35.9 Å². The fourth-order valence-corrected chi connectivity index (χ4v) is 3.88. The van der Waals surface area contributed by atoms with Crippen LogP contribution in [0.25, 0.3) is 0 Å². The first-order chi connectivity index (χ1) is 13.8. The first-order valence-electron chi connectivity index (χ1n) is 9.37. The average Bonchev–Trinajstić information content (AvgIpc) is 2.77. The molecule has 2 aromatic carbocycles. The number of fused-ring (bicyclic) bond motifs is 1. The Labute approximate surface area is 169 Å². The van der Waals surface area contributed by atoms with Crippen molar-refractivity contribution in [2.24, 2.45) is 0 Å². The van der Waals surface area contributed by atoms with Crippen LogP contribution in [0.1, 0.15) is 16.7 Å². The number of amides is 1. The van der Waals surface area contributed by atoms with Gasteiger partial charge in [-0.05, 0) is 35.2 Å². The van der Waals surface area contributed by atoms with Gasteiger partial charge < -0.3 is 10.2 Å². The van der Waals surface area contributed by atoms with E-state index in [1.54, 1.807) is 0 Å². The Kier molecular flexibility index (Phi) is 5.87. The second kappa shape index (κ2) is 8.89. The number of aromatic nitrogens is 2. The van der Waals surface area contributed by atoms with Crippen LogP contribution >= 0.6 is 11.8 Å². The molecule has 28 heavy (non-hydrogen) atoms. The van der Waals surface area contributed by atoms with Crippen molar-refractivity contribution < 1.29 is 4.79 Å². The van der Waals surface area contributed by atoms with E-state index in [-0.39, 0.29) is 5.91 Å². The van der Waals surface area contributed by atoms with Gasteiger partial charge in [-0.15, -0.1) is 10.2 Å². The number of nitrogens with one attached hydrogen (secondary N) is 1. The van der Waals surface area contributed by atoms with Gasteiger partial charge in [0.15, 0.2) is 5.82 Å². The third kappa shape index (κ3) is 4.70. The third-order valence-corrected chi connectivity index (χ3v) is 5.68. The van der Waals surface area contributed by atoms with Gasteiger partial charge in [0, 0.05) is 19.6 Å². The number of carbonyl (C=O) groups is 1. The summed E-state index contributed by atoms with van der Waals surface area (Å²) in [5, 5.41) is 12.3. The van der Waals surface area contributed by atoms with Crippen LogP contribution in [0.15, 0.2) is 71.8 Å². The average molecular weight is 391 g/mol. The van der Waals surface area contributed by atoms with Crippen molar-refractivity contribution in [2.75, 3.05) is 17.2 Å². The Balaban J connectivity index is 1.27. The number of hydrogen-bond donors (Lipinski definition) is 1. The van der Waals surface area contributed by atoms with Crippen LogP contribution in [0, 0.1) is 0 Å². The zero-order valence-corrected chi connectivity index (χ0v) is 16.4. The van der Waals surface area contributed by atoms with E-state index in [9.17, 15) is 4.79 Å². The lowest BCUT2D eigenvalue weighted by atomic mass is 10.00. The quantitative estimate of drug-likeness (QED) is 0.654. The van der Waals surface area contributed by atoms with Crippen LogP contribution in [0.2, 0.25) is 0 Å². The maximum Gasteiger partial charge on any atom is 0.230 e. The van der Waals surface area contributed by atoms with Gasteiger partial charge in [-0.3, -0.25) is 4.79 Å². The van der Waals surface area contributed by atoms with Crippen molar-refractivity contribution in [3.8, 4) is 0 Å². The molecule has 0 radical (unpaired) electrons. The highest BCUT2D eigenvalue weighted by molar-refractivity contribution is 7.99. The topological polar surface area (TPSA) is 58.1 Å². The van der Waals surface area contributed by atoms with Crippen LogP contribution < -0.4 is 10.2 Å². The summed E-state index contributed by atoms with van der Waals surface area (Å²) in [7, 11) is 0. The SMILES string of the molecule is O=C(CSc1ccc(N2CCc3ccccc3C2)nn1)NCc1ccccc1. The van der Waals surface area contributed by atoms with Gasteiger partial charge in [-0.25, -0.2) is 0 Å². The van der Waals surface area contributed by atoms with Crippen molar-refractivity contribution in [3.63, 3.8) is 0 Å². The maximum absolute atomic E-state index is 12.0. The van der Waals surface area contributed by atoms with Gasteiger partial charge in [0.1, 0.15) is 5.03 Å². The smallest absolute Gasteiger partial charge is 0.230 e. The number of carbonyl (C=O) groups excluding carboxylic acids is 1. The lowest BCUT2D eigenvalue weighted by molar-refractivity contribution is -0.118. The lowest BCUT2D eigenvalue weighted by Gasteiger charge is -2.29. The van der Waals surface area contributed by atoms with E-state index in [4.69, 9.17) is 0 Å². The van der Waals surface area contributed by atoms with Gasteiger partial charge in [-0.1, -0.05) is 66.4 Å². The molecule has 142 valence electrons. The molecule has 0 saturated heterocycles. The van der Waals surface area contributed by atoms with E-state index in [0.29, 0.717) is 12.3 Å². The molecule has 3 aromatic rings. The Bertz CT molecular complexity index is 931. The van der Waals surface area contributed by atoms with Crippen molar-refractivity contribution in [2.45, 2.75) is 24.5 Å². The highest BCUT2D eigenvalue weighted by atomic mass is 32.2. The molecule has 4 rings (SSSR count). The molecule has 0 fully saturated rings.